The Bertz CT molecular complexity index is 336. The molecule has 7 heteroatoms. The van der Waals surface area contributed by atoms with Crippen molar-refractivity contribution in [1.29, 1.82) is 0 Å². The number of morpholine rings is 1. The second-order valence-electron chi connectivity index (χ2n) is 5.14. The first-order valence-corrected chi connectivity index (χ1v) is 7.65. The molecule has 19 heavy (non-hydrogen) atoms. The number of rotatable bonds is 5. The van der Waals surface area contributed by atoms with Gasteiger partial charge in [-0.2, -0.15) is 11.8 Å². The fourth-order valence-corrected chi connectivity index (χ4v) is 2.43. The molecule has 6 nitrogen and oxygen atoms in total. The highest BCUT2D eigenvalue weighted by molar-refractivity contribution is 7.98. The summed E-state index contributed by atoms with van der Waals surface area (Å²) in [5.74, 6) is -0.294. The molecule has 0 bridgehead atoms. The molecule has 1 atom stereocenters. The summed E-state index contributed by atoms with van der Waals surface area (Å²) in [5, 5.41) is 11.7. The summed E-state index contributed by atoms with van der Waals surface area (Å²) >= 11 is 1.56. The predicted octanol–water partition coefficient (Wildman–Crippen LogP) is 1.01. The molecule has 2 amide bonds. The molecule has 1 heterocycles. The van der Waals surface area contributed by atoms with Gasteiger partial charge in [0.2, 0.25) is 0 Å². The van der Waals surface area contributed by atoms with Crippen molar-refractivity contribution in [3.8, 4) is 0 Å². The molecule has 1 saturated heterocycles. The van der Waals surface area contributed by atoms with E-state index < -0.39 is 17.6 Å². The maximum Gasteiger partial charge on any atom is 0.326 e. The van der Waals surface area contributed by atoms with E-state index >= 15 is 0 Å². The number of aliphatic carboxylic acids is 1. The molecule has 1 aliphatic rings. The van der Waals surface area contributed by atoms with Gasteiger partial charge >= 0.3 is 12.0 Å². The predicted molar refractivity (Wildman–Crippen MR) is 74.6 cm³/mol. The molecule has 2 N–H and O–H groups in total. The van der Waals surface area contributed by atoms with E-state index in [2.05, 4.69) is 5.32 Å². The Morgan fingerprint density at radius 1 is 1.53 bits per heavy atom. The summed E-state index contributed by atoms with van der Waals surface area (Å²) in [6, 6.07) is -1.17. The maximum absolute atomic E-state index is 12.2. The first kappa shape index (κ1) is 16.1. The zero-order valence-corrected chi connectivity index (χ0v) is 12.5. The zero-order valence-electron chi connectivity index (χ0n) is 11.6. The van der Waals surface area contributed by atoms with E-state index in [1.165, 1.54) is 0 Å². The van der Waals surface area contributed by atoms with Crippen molar-refractivity contribution in [3.05, 3.63) is 0 Å². The van der Waals surface area contributed by atoms with Crippen LogP contribution in [0, 0.1) is 0 Å². The Kier molecular flexibility index (Phi) is 5.93. The van der Waals surface area contributed by atoms with Crippen molar-refractivity contribution in [2.45, 2.75) is 31.8 Å². The summed E-state index contributed by atoms with van der Waals surface area (Å²) in [6.07, 6.45) is 2.33. The summed E-state index contributed by atoms with van der Waals surface area (Å²) in [4.78, 5) is 24.9. The van der Waals surface area contributed by atoms with E-state index in [4.69, 9.17) is 9.84 Å². The third-order valence-corrected chi connectivity index (χ3v) is 3.74. The Morgan fingerprint density at radius 2 is 2.21 bits per heavy atom. The lowest BCUT2D eigenvalue weighted by Crippen LogP contribution is -2.60. The lowest BCUT2D eigenvalue weighted by Gasteiger charge is -2.42. The van der Waals surface area contributed by atoms with Crippen molar-refractivity contribution in [1.82, 2.24) is 10.2 Å². The molecule has 1 rings (SSSR count). The Balaban J connectivity index is 2.62. The van der Waals surface area contributed by atoms with Crippen LogP contribution in [0.3, 0.4) is 0 Å². The lowest BCUT2D eigenvalue weighted by atomic mass is 10.0. The summed E-state index contributed by atoms with van der Waals surface area (Å²) < 4.78 is 5.34. The minimum atomic E-state index is -0.992. The number of urea groups is 1. The molecule has 0 aromatic heterocycles. The van der Waals surface area contributed by atoms with Crippen LogP contribution in [-0.4, -0.2) is 65.4 Å². The average molecular weight is 290 g/mol. The molecule has 0 spiro atoms. The number of amides is 2. The third-order valence-electron chi connectivity index (χ3n) is 3.10. The summed E-state index contributed by atoms with van der Waals surface area (Å²) in [7, 11) is 0. The van der Waals surface area contributed by atoms with Gasteiger partial charge in [-0.1, -0.05) is 0 Å². The van der Waals surface area contributed by atoms with Crippen LogP contribution in [0.4, 0.5) is 4.79 Å². The first-order valence-electron chi connectivity index (χ1n) is 6.26. The van der Waals surface area contributed by atoms with Gasteiger partial charge < -0.3 is 20.1 Å². The Morgan fingerprint density at radius 3 is 2.74 bits per heavy atom. The number of thioether (sulfide) groups is 1. The van der Waals surface area contributed by atoms with Crippen molar-refractivity contribution < 1.29 is 19.4 Å². The van der Waals surface area contributed by atoms with Gasteiger partial charge in [0.1, 0.15) is 6.04 Å². The molecular weight excluding hydrogens is 268 g/mol. The summed E-state index contributed by atoms with van der Waals surface area (Å²) in [5.41, 5.74) is -0.412. The average Bonchev–Trinajstić information content (AvgIpc) is 2.33. The molecule has 0 radical (unpaired) electrons. The normalized spacial score (nSPS) is 19.8. The van der Waals surface area contributed by atoms with Crippen LogP contribution in [0.25, 0.3) is 0 Å². The molecule has 1 aliphatic heterocycles. The second-order valence-corrected chi connectivity index (χ2v) is 6.12. The van der Waals surface area contributed by atoms with E-state index in [9.17, 15) is 9.59 Å². The first-order chi connectivity index (χ1) is 8.88. The number of hydrogen-bond donors (Lipinski definition) is 2. The van der Waals surface area contributed by atoms with E-state index in [1.807, 2.05) is 20.1 Å². The monoisotopic (exact) mass is 290 g/mol. The second kappa shape index (κ2) is 7.00. The number of hydrogen-bond acceptors (Lipinski definition) is 4. The highest BCUT2D eigenvalue weighted by atomic mass is 32.2. The number of carboxylic acids is 1. The summed E-state index contributed by atoms with van der Waals surface area (Å²) in [6.45, 7) is 5.24. The zero-order chi connectivity index (χ0) is 14.5. The molecule has 0 aliphatic carbocycles. The quantitative estimate of drug-likeness (QED) is 0.790. The van der Waals surface area contributed by atoms with E-state index in [-0.39, 0.29) is 6.03 Å². The third kappa shape index (κ3) is 4.58. The highest BCUT2D eigenvalue weighted by Crippen LogP contribution is 2.19. The van der Waals surface area contributed by atoms with Gasteiger partial charge in [-0.25, -0.2) is 9.59 Å². The van der Waals surface area contributed by atoms with Gasteiger partial charge in [-0.05, 0) is 32.3 Å². The standard InChI is InChI=1S/C12H22N2O4S/c1-12(2)8-18-6-5-14(12)11(17)13-9(10(15)16)4-7-19-3/h9H,4-8H2,1-3H3,(H,13,17)(H,15,16). The van der Waals surface area contributed by atoms with Crippen LogP contribution in [0.2, 0.25) is 0 Å². The molecule has 0 saturated carbocycles. The van der Waals surface area contributed by atoms with Gasteiger partial charge in [0, 0.05) is 6.54 Å². The van der Waals surface area contributed by atoms with Gasteiger partial charge in [-0.15, -0.1) is 0 Å². The van der Waals surface area contributed by atoms with Crippen LogP contribution in [-0.2, 0) is 9.53 Å². The highest BCUT2D eigenvalue weighted by Gasteiger charge is 2.35. The van der Waals surface area contributed by atoms with E-state index in [0.717, 1.165) is 0 Å². The lowest BCUT2D eigenvalue weighted by molar-refractivity contribution is -0.139. The van der Waals surface area contributed by atoms with Gasteiger partial charge in [0.25, 0.3) is 0 Å². The Hall–Kier alpha value is -0.950. The number of ether oxygens (including phenoxy) is 1. The van der Waals surface area contributed by atoms with Crippen molar-refractivity contribution in [2.24, 2.45) is 0 Å². The smallest absolute Gasteiger partial charge is 0.326 e. The molecule has 0 aromatic carbocycles. The van der Waals surface area contributed by atoms with Crippen LogP contribution >= 0.6 is 11.8 Å². The van der Waals surface area contributed by atoms with Crippen LogP contribution in [0.15, 0.2) is 0 Å². The minimum absolute atomic E-state index is 0.332. The van der Waals surface area contributed by atoms with E-state index in [0.29, 0.717) is 31.9 Å². The maximum atomic E-state index is 12.2. The molecule has 0 aromatic rings. The number of carbonyl (C=O) groups is 2. The van der Waals surface area contributed by atoms with Gasteiger partial charge in [0.15, 0.2) is 0 Å². The SMILES string of the molecule is CSCCC(NC(=O)N1CCOCC1(C)C)C(=O)O. The number of carbonyl (C=O) groups excluding carboxylic acids is 1. The molecule has 1 unspecified atom stereocenters. The number of nitrogens with zero attached hydrogens (tertiary/aromatic N) is 1. The van der Waals surface area contributed by atoms with Crippen molar-refractivity contribution in [2.75, 3.05) is 31.8 Å². The van der Waals surface area contributed by atoms with Crippen LogP contribution in [0.5, 0.6) is 0 Å². The Labute approximate surface area is 117 Å². The fraction of sp³-hybridized carbons (Fsp3) is 0.833. The molecule has 1 fully saturated rings. The molecular formula is C12H22N2O4S. The van der Waals surface area contributed by atoms with Gasteiger partial charge in [0.05, 0.1) is 18.8 Å². The largest absolute Gasteiger partial charge is 0.480 e. The van der Waals surface area contributed by atoms with E-state index in [1.54, 1.807) is 16.7 Å². The number of nitrogens with one attached hydrogen (secondary N) is 1. The van der Waals surface area contributed by atoms with Gasteiger partial charge in [-0.3, -0.25) is 0 Å². The topological polar surface area (TPSA) is 78.9 Å². The van der Waals surface area contributed by atoms with Crippen molar-refractivity contribution >= 4 is 23.8 Å². The minimum Gasteiger partial charge on any atom is -0.480 e. The number of carboxylic acid groups (broad SMARTS) is 1. The fourth-order valence-electron chi connectivity index (χ4n) is 1.95. The van der Waals surface area contributed by atoms with Crippen LogP contribution < -0.4 is 5.32 Å². The van der Waals surface area contributed by atoms with Crippen LogP contribution in [0.1, 0.15) is 20.3 Å². The van der Waals surface area contributed by atoms with Crippen molar-refractivity contribution in [3.63, 3.8) is 0 Å². The molecule has 110 valence electrons.